The maximum Gasteiger partial charge on any atom is 0.130 e. The molecule has 19 heavy (non-hydrogen) atoms. The molecule has 100 valence electrons. The van der Waals surface area contributed by atoms with Crippen LogP contribution in [-0.4, -0.2) is 9.78 Å². The van der Waals surface area contributed by atoms with E-state index in [9.17, 15) is 0 Å². The van der Waals surface area contributed by atoms with Gasteiger partial charge in [-0.2, -0.15) is 5.10 Å². The molecule has 0 spiro atoms. The third-order valence-corrected chi connectivity index (χ3v) is 4.45. The highest BCUT2D eigenvalue weighted by Crippen LogP contribution is 2.42. The van der Waals surface area contributed by atoms with E-state index in [2.05, 4.69) is 13.8 Å². The minimum atomic E-state index is 0.207. The fourth-order valence-corrected chi connectivity index (χ4v) is 3.24. The number of hydrogen-bond acceptors (Lipinski definition) is 2. The molecule has 1 aliphatic rings. The maximum atomic E-state index is 6.26. The Hall–Kier alpha value is -1.77. The van der Waals surface area contributed by atoms with Gasteiger partial charge in [-0.3, -0.25) is 0 Å². The molecule has 1 saturated carbocycles. The Kier molecular flexibility index (Phi) is 2.85. The molecule has 0 unspecified atom stereocenters. The average molecular weight is 255 g/mol. The van der Waals surface area contributed by atoms with Crippen LogP contribution >= 0.6 is 0 Å². The van der Waals surface area contributed by atoms with E-state index >= 15 is 0 Å². The molecule has 0 atom stereocenters. The smallest absolute Gasteiger partial charge is 0.130 e. The number of anilines is 1. The molecular weight excluding hydrogens is 234 g/mol. The Morgan fingerprint density at radius 3 is 2.42 bits per heavy atom. The van der Waals surface area contributed by atoms with Crippen molar-refractivity contribution in [3.8, 4) is 5.69 Å². The summed E-state index contributed by atoms with van der Waals surface area (Å²) in [6.07, 6.45) is 5.04. The van der Waals surface area contributed by atoms with Gasteiger partial charge >= 0.3 is 0 Å². The SMILES string of the molecule is Cc1c(C2(C)CCCC2)nn(-c2ccccc2)c1N. The number of nitrogen functional groups attached to an aromatic ring is 1. The summed E-state index contributed by atoms with van der Waals surface area (Å²) in [4.78, 5) is 0. The summed E-state index contributed by atoms with van der Waals surface area (Å²) in [5.74, 6) is 0.773. The molecule has 2 N–H and O–H groups in total. The maximum absolute atomic E-state index is 6.26. The molecule has 0 saturated heterocycles. The van der Waals surface area contributed by atoms with Crippen LogP contribution in [0, 0.1) is 6.92 Å². The monoisotopic (exact) mass is 255 g/mol. The minimum absolute atomic E-state index is 0.207. The average Bonchev–Trinajstić information content (AvgIpc) is 2.98. The van der Waals surface area contributed by atoms with E-state index < -0.39 is 0 Å². The van der Waals surface area contributed by atoms with Gasteiger partial charge in [0.1, 0.15) is 5.82 Å². The van der Waals surface area contributed by atoms with Gasteiger partial charge in [-0.25, -0.2) is 4.68 Å². The quantitative estimate of drug-likeness (QED) is 0.891. The van der Waals surface area contributed by atoms with Crippen LogP contribution in [0.25, 0.3) is 5.69 Å². The third-order valence-electron chi connectivity index (χ3n) is 4.45. The van der Waals surface area contributed by atoms with Crippen LogP contribution in [0.4, 0.5) is 5.82 Å². The van der Waals surface area contributed by atoms with Crippen LogP contribution < -0.4 is 5.73 Å². The number of rotatable bonds is 2. The summed E-state index contributed by atoms with van der Waals surface area (Å²) in [6, 6.07) is 10.1. The second-order valence-corrected chi connectivity index (χ2v) is 5.87. The Balaban J connectivity index is 2.10. The lowest BCUT2D eigenvalue weighted by molar-refractivity contribution is 0.469. The first-order valence-electron chi connectivity index (χ1n) is 7.03. The zero-order chi connectivity index (χ0) is 13.5. The van der Waals surface area contributed by atoms with Crippen molar-refractivity contribution in [2.45, 2.75) is 44.9 Å². The highest BCUT2D eigenvalue weighted by Gasteiger charge is 2.35. The first kappa shape index (κ1) is 12.3. The van der Waals surface area contributed by atoms with Gasteiger partial charge in [-0.15, -0.1) is 0 Å². The fraction of sp³-hybridized carbons (Fsp3) is 0.438. The summed E-state index contributed by atoms with van der Waals surface area (Å²) in [5.41, 5.74) is 9.84. The number of nitrogens with zero attached hydrogens (tertiary/aromatic N) is 2. The Labute approximate surface area is 114 Å². The summed E-state index contributed by atoms with van der Waals surface area (Å²) < 4.78 is 1.88. The molecule has 0 amide bonds. The standard InChI is InChI=1S/C16H21N3/c1-12-14(16(2)10-6-7-11-16)18-19(15(12)17)13-8-4-3-5-9-13/h3-5,8-9H,6-7,10-11,17H2,1-2H3. The van der Waals surface area contributed by atoms with E-state index in [1.807, 2.05) is 35.0 Å². The predicted octanol–water partition coefficient (Wildman–Crippen LogP) is 3.59. The Morgan fingerprint density at radius 2 is 1.79 bits per heavy atom. The van der Waals surface area contributed by atoms with E-state index in [1.54, 1.807) is 0 Å². The van der Waals surface area contributed by atoms with Gasteiger partial charge in [0.15, 0.2) is 0 Å². The van der Waals surface area contributed by atoms with E-state index in [4.69, 9.17) is 10.8 Å². The van der Waals surface area contributed by atoms with Gasteiger partial charge in [-0.05, 0) is 31.9 Å². The van der Waals surface area contributed by atoms with Gasteiger partial charge < -0.3 is 5.73 Å². The highest BCUT2D eigenvalue weighted by atomic mass is 15.3. The van der Waals surface area contributed by atoms with Crippen molar-refractivity contribution in [3.05, 3.63) is 41.6 Å². The van der Waals surface area contributed by atoms with Crippen molar-refractivity contribution in [2.75, 3.05) is 5.73 Å². The van der Waals surface area contributed by atoms with Crippen molar-refractivity contribution in [1.82, 2.24) is 9.78 Å². The van der Waals surface area contributed by atoms with Crippen LogP contribution in [0.5, 0.6) is 0 Å². The summed E-state index contributed by atoms with van der Waals surface area (Å²) in [7, 11) is 0. The number of para-hydroxylation sites is 1. The Morgan fingerprint density at radius 1 is 1.16 bits per heavy atom. The van der Waals surface area contributed by atoms with Crippen molar-refractivity contribution in [1.29, 1.82) is 0 Å². The fourth-order valence-electron chi connectivity index (χ4n) is 3.24. The van der Waals surface area contributed by atoms with Crippen molar-refractivity contribution >= 4 is 5.82 Å². The van der Waals surface area contributed by atoms with Gasteiger partial charge in [-0.1, -0.05) is 38.0 Å². The second-order valence-electron chi connectivity index (χ2n) is 5.87. The molecule has 0 aliphatic heterocycles. The van der Waals surface area contributed by atoms with E-state index in [0.29, 0.717) is 0 Å². The molecule has 0 bridgehead atoms. The van der Waals surface area contributed by atoms with Crippen molar-refractivity contribution < 1.29 is 0 Å². The molecule has 1 fully saturated rings. The molecule has 3 heteroatoms. The zero-order valence-electron chi connectivity index (χ0n) is 11.7. The van der Waals surface area contributed by atoms with Crippen LogP contribution in [0.2, 0.25) is 0 Å². The number of aromatic nitrogens is 2. The van der Waals surface area contributed by atoms with Crippen LogP contribution in [-0.2, 0) is 5.41 Å². The van der Waals surface area contributed by atoms with E-state index in [0.717, 1.165) is 17.1 Å². The number of hydrogen-bond donors (Lipinski definition) is 1. The van der Waals surface area contributed by atoms with Crippen LogP contribution in [0.15, 0.2) is 30.3 Å². The third kappa shape index (κ3) is 1.93. The summed E-state index contributed by atoms with van der Waals surface area (Å²) >= 11 is 0. The van der Waals surface area contributed by atoms with E-state index in [1.165, 1.54) is 31.4 Å². The number of benzene rings is 1. The molecule has 1 heterocycles. The molecular formula is C16H21N3. The van der Waals surface area contributed by atoms with Gasteiger partial charge in [0.25, 0.3) is 0 Å². The van der Waals surface area contributed by atoms with Crippen molar-refractivity contribution in [3.63, 3.8) is 0 Å². The van der Waals surface area contributed by atoms with Crippen molar-refractivity contribution in [2.24, 2.45) is 0 Å². The molecule has 1 aromatic carbocycles. The van der Waals surface area contributed by atoms with Gasteiger partial charge in [0.2, 0.25) is 0 Å². The largest absolute Gasteiger partial charge is 0.383 e. The van der Waals surface area contributed by atoms with Gasteiger partial charge in [0, 0.05) is 11.0 Å². The normalized spacial score (nSPS) is 17.8. The minimum Gasteiger partial charge on any atom is -0.383 e. The molecule has 1 aromatic heterocycles. The number of nitrogens with two attached hydrogens (primary N) is 1. The summed E-state index contributed by atoms with van der Waals surface area (Å²) in [6.45, 7) is 4.42. The van der Waals surface area contributed by atoms with E-state index in [-0.39, 0.29) is 5.41 Å². The highest BCUT2D eigenvalue weighted by molar-refractivity contribution is 5.51. The second kappa shape index (κ2) is 4.41. The van der Waals surface area contributed by atoms with Crippen LogP contribution in [0.3, 0.4) is 0 Å². The van der Waals surface area contributed by atoms with Crippen LogP contribution in [0.1, 0.15) is 43.9 Å². The lowest BCUT2D eigenvalue weighted by Crippen LogP contribution is -2.19. The molecule has 3 nitrogen and oxygen atoms in total. The predicted molar refractivity (Wildman–Crippen MR) is 78.5 cm³/mol. The molecule has 0 radical (unpaired) electrons. The molecule has 3 rings (SSSR count). The lowest BCUT2D eigenvalue weighted by Gasteiger charge is -2.21. The first-order valence-corrected chi connectivity index (χ1v) is 7.03. The first-order chi connectivity index (χ1) is 9.12. The lowest BCUT2D eigenvalue weighted by atomic mass is 9.83. The zero-order valence-corrected chi connectivity index (χ0v) is 11.7. The molecule has 1 aliphatic carbocycles. The summed E-state index contributed by atoms with van der Waals surface area (Å²) in [5, 5.41) is 4.82. The molecule has 2 aromatic rings. The topological polar surface area (TPSA) is 43.8 Å². The van der Waals surface area contributed by atoms with Gasteiger partial charge in [0.05, 0.1) is 11.4 Å². The Bertz CT molecular complexity index is 578.